The van der Waals surface area contributed by atoms with Gasteiger partial charge in [0.15, 0.2) is 0 Å². The standard InChI is InChI=1S/C28H46N8O12S2/c1-11(29-17(7)37)21(39)31-13(3)23(41)33-15(5)25(43)35-19(27(45)46)9-49-50-10-20(28(47)48)36-26(44)16(6)34-24(42)14(4)32-22(40)12(2)30-18(8)38/h11-16,19-20H,9-10H2,1-8H3,(H,29,37)(H,30,38)(H,31,39)(H,32,40)(H,33,41)(H,34,42)(H,35,43)(H,36,44)(H,45,46)(H,47,48)/t11-,12-,13-,14-,15-,16-,19-,20-/m0/s1. The largest absolute Gasteiger partial charge is 0.480 e. The summed E-state index contributed by atoms with van der Waals surface area (Å²) in [5, 5.41) is 37.8. The summed E-state index contributed by atoms with van der Waals surface area (Å²) in [6, 6.07) is -9.36. The predicted octanol–water partition coefficient (Wildman–Crippen LogP) is -3.43. The van der Waals surface area contributed by atoms with Gasteiger partial charge in [0.2, 0.25) is 47.3 Å². The van der Waals surface area contributed by atoms with E-state index in [1.54, 1.807) is 0 Å². The Labute approximate surface area is 296 Å². The molecule has 0 aromatic heterocycles. The number of carbonyl (C=O) groups is 10. The van der Waals surface area contributed by atoms with E-state index in [0.717, 1.165) is 21.6 Å². The van der Waals surface area contributed by atoms with Crippen LogP contribution in [0.1, 0.15) is 55.4 Å². The summed E-state index contributed by atoms with van der Waals surface area (Å²) in [6.07, 6.45) is 0. The zero-order chi connectivity index (χ0) is 38.9. The van der Waals surface area contributed by atoms with Crippen LogP contribution in [0.25, 0.3) is 0 Å². The Morgan fingerprint density at radius 1 is 0.400 bits per heavy atom. The molecule has 0 radical (unpaired) electrons. The van der Waals surface area contributed by atoms with Gasteiger partial charge >= 0.3 is 11.9 Å². The zero-order valence-electron chi connectivity index (χ0n) is 28.8. The van der Waals surface area contributed by atoms with Crippen molar-refractivity contribution in [3.05, 3.63) is 0 Å². The molecule has 0 rings (SSSR count). The molecule has 282 valence electrons. The minimum Gasteiger partial charge on any atom is -0.480 e. The highest BCUT2D eigenvalue weighted by Gasteiger charge is 2.29. The van der Waals surface area contributed by atoms with Crippen LogP contribution in [0.2, 0.25) is 0 Å². The molecule has 8 amide bonds. The van der Waals surface area contributed by atoms with E-state index in [9.17, 15) is 58.2 Å². The van der Waals surface area contributed by atoms with E-state index in [1.165, 1.54) is 55.4 Å². The molecule has 0 unspecified atom stereocenters. The Hall–Kier alpha value is -4.60. The molecule has 20 nitrogen and oxygen atoms in total. The van der Waals surface area contributed by atoms with Crippen LogP contribution in [0.3, 0.4) is 0 Å². The fourth-order valence-corrected chi connectivity index (χ4v) is 5.84. The Morgan fingerprint density at radius 2 is 0.600 bits per heavy atom. The van der Waals surface area contributed by atoms with Gasteiger partial charge in [0.25, 0.3) is 0 Å². The summed E-state index contributed by atoms with van der Waals surface area (Å²) >= 11 is 0. The lowest BCUT2D eigenvalue weighted by Crippen LogP contribution is -2.56. The minimum atomic E-state index is -1.45. The number of rotatable bonds is 21. The van der Waals surface area contributed by atoms with Gasteiger partial charge in [-0.2, -0.15) is 0 Å². The lowest BCUT2D eigenvalue weighted by Gasteiger charge is -2.22. The topological polar surface area (TPSA) is 307 Å². The molecule has 0 heterocycles. The number of hydrogen-bond donors (Lipinski definition) is 10. The van der Waals surface area contributed by atoms with Crippen LogP contribution in [0.4, 0.5) is 0 Å². The number of carbonyl (C=O) groups excluding carboxylic acids is 8. The first-order valence-corrected chi connectivity index (χ1v) is 17.6. The molecule has 8 atom stereocenters. The van der Waals surface area contributed by atoms with Crippen LogP contribution in [-0.4, -0.2) is 129 Å². The maximum atomic E-state index is 12.6. The van der Waals surface area contributed by atoms with Crippen LogP contribution >= 0.6 is 21.6 Å². The van der Waals surface area contributed by atoms with Crippen molar-refractivity contribution in [1.29, 1.82) is 0 Å². The average Bonchev–Trinajstić information content (AvgIpc) is 3.00. The van der Waals surface area contributed by atoms with Gasteiger partial charge in [-0.25, -0.2) is 9.59 Å². The molecule has 0 aromatic rings. The van der Waals surface area contributed by atoms with Gasteiger partial charge in [-0.3, -0.25) is 38.4 Å². The number of hydrogen-bond acceptors (Lipinski definition) is 12. The maximum Gasteiger partial charge on any atom is 0.327 e. The molecule has 0 aliphatic carbocycles. The lowest BCUT2D eigenvalue weighted by atomic mass is 10.2. The Morgan fingerprint density at radius 3 is 0.800 bits per heavy atom. The van der Waals surface area contributed by atoms with E-state index in [-0.39, 0.29) is 11.5 Å². The highest BCUT2D eigenvalue weighted by atomic mass is 33.1. The zero-order valence-corrected chi connectivity index (χ0v) is 30.5. The van der Waals surface area contributed by atoms with Gasteiger partial charge in [0, 0.05) is 25.4 Å². The Bertz CT molecular complexity index is 1210. The molecule has 10 N–H and O–H groups in total. The summed E-state index contributed by atoms with van der Waals surface area (Å²) in [5.74, 6) is -8.72. The van der Waals surface area contributed by atoms with Crippen molar-refractivity contribution in [2.75, 3.05) is 11.5 Å². The molecular weight excluding hydrogens is 704 g/mol. The molecule has 0 fully saturated rings. The van der Waals surface area contributed by atoms with Crippen LogP contribution in [0, 0.1) is 0 Å². The molecule has 0 saturated carbocycles. The van der Waals surface area contributed by atoms with Crippen molar-refractivity contribution in [1.82, 2.24) is 42.5 Å². The van der Waals surface area contributed by atoms with Crippen molar-refractivity contribution in [2.45, 2.75) is 104 Å². The summed E-state index contributed by atoms with van der Waals surface area (Å²) in [6.45, 7) is 10.5. The normalized spacial score (nSPS) is 15.4. The Kier molecular flexibility index (Phi) is 20.1. The van der Waals surface area contributed by atoms with Gasteiger partial charge in [-0.15, -0.1) is 0 Å². The molecule has 22 heteroatoms. The van der Waals surface area contributed by atoms with Gasteiger partial charge in [0.05, 0.1) is 0 Å². The second-order valence-electron chi connectivity index (χ2n) is 11.1. The van der Waals surface area contributed by atoms with Crippen molar-refractivity contribution >= 4 is 80.8 Å². The van der Waals surface area contributed by atoms with E-state index in [4.69, 9.17) is 0 Å². The third kappa shape index (κ3) is 17.7. The smallest absolute Gasteiger partial charge is 0.327 e. The van der Waals surface area contributed by atoms with Crippen molar-refractivity contribution in [3.63, 3.8) is 0 Å². The number of aliphatic carboxylic acids is 2. The number of nitrogens with one attached hydrogen (secondary N) is 8. The fourth-order valence-electron chi connectivity index (χ4n) is 3.53. The molecule has 0 aliphatic rings. The quantitative estimate of drug-likeness (QED) is 0.0404. The highest BCUT2D eigenvalue weighted by Crippen LogP contribution is 2.23. The predicted molar refractivity (Wildman–Crippen MR) is 181 cm³/mol. The summed E-state index contributed by atoms with van der Waals surface area (Å²) in [7, 11) is 1.78. The first-order chi connectivity index (χ1) is 23.1. The monoisotopic (exact) mass is 750 g/mol. The molecule has 0 aliphatic heterocycles. The SMILES string of the molecule is CC(=O)N[C@@H](C)C(=O)N[C@@H](C)C(=O)N[C@@H](C)C(=O)N[C@@H](CSSC[C@H](NC(=O)[C@H](C)NC(=O)[C@H](C)NC(=O)[C@H](C)NC(C)=O)C(=O)O)C(=O)O. The van der Waals surface area contributed by atoms with E-state index < -0.39 is 108 Å². The fraction of sp³-hybridized carbons (Fsp3) is 0.643. The van der Waals surface area contributed by atoms with Crippen LogP contribution in [0.5, 0.6) is 0 Å². The van der Waals surface area contributed by atoms with E-state index in [1.807, 2.05) is 0 Å². The highest BCUT2D eigenvalue weighted by molar-refractivity contribution is 8.76. The third-order valence-corrected chi connectivity index (χ3v) is 8.84. The van der Waals surface area contributed by atoms with Crippen molar-refractivity contribution in [2.24, 2.45) is 0 Å². The summed E-state index contributed by atoms with van der Waals surface area (Å²) in [5.41, 5.74) is 0. The van der Waals surface area contributed by atoms with E-state index >= 15 is 0 Å². The number of amides is 8. The molecular formula is C28H46N8O12S2. The molecule has 0 saturated heterocycles. The second-order valence-corrected chi connectivity index (χ2v) is 13.7. The van der Waals surface area contributed by atoms with E-state index in [0.29, 0.717) is 0 Å². The number of carboxylic acids is 2. The van der Waals surface area contributed by atoms with E-state index in [2.05, 4.69) is 42.5 Å². The number of carboxylic acid groups (broad SMARTS) is 2. The summed E-state index contributed by atoms with van der Waals surface area (Å²) < 4.78 is 0. The van der Waals surface area contributed by atoms with Crippen LogP contribution in [-0.2, 0) is 47.9 Å². The molecule has 0 bridgehead atoms. The first-order valence-electron chi connectivity index (χ1n) is 15.1. The first kappa shape index (κ1) is 45.4. The van der Waals surface area contributed by atoms with Gasteiger partial charge in [-0.05, 0) is 41.5 Å². The van der Waals surface area contributed by atoms with Crippen molar-refractivity contribution in [3.8, 4) is 0 Å². The maximum absolute atomic E-state index is 12.6. The second kappa shape index (κ2) is 22.2. The molecule has 0 spiro atoms. The van der Waals surface area contributed by atoms with Crippen LogP contribution < -0.4 is 42.5 Å². The molecule has 50 heavy (non-hydrogen) atoms. The van der Waals surface area contributed by atoms with Gasteiger partial charge in [-0.1, -0.05) is 21.6 Å². The Balaban J connectivity index is 4.92. The lowest BCUT2D eigenvalue weighted by molar-refractivity contribution is -0.142. The molecule has 0 aromatic carbocycles. The van der Waals surface area contributed by atoms with Crippen molar-refractivity contribution < 1.29 is 58.2 Å². The van der Waals surface area contributed by atoms with Gasteiger partial charge in [0.1, 0.15) is 48.3 Å². The van der Waals surface area contributed by atoms with Gasteiger partial charge < -0.3 is 52.7 Å². The average molecular weight is 751 g/mol. The van der Waals surface area contributed by atoms with Crippen LogP contribution in [0.15, 0.2) is 0 Å². The summed E-state index contributed by atoms with van der Waals surface area (Å²) in [4.78, 5) is 120. The third-order valence-electron chi connectivity index (χ3n) is 6.42. The minimum absolute atomic E-state index is 0.239.